The molecule has 2 aliphatic rings. The van der Waals surface area contributed by atoms with Gasteiger partial charge in [0.25, 0.3) is 0 Å². The van der Waals surface area contributed by atoms with Crippen molar-refractivity contribution in [3.05, 3.63) is 43.0 Å². The van der Waals surface area contributed by atoms with Gasteiger partial charge < -0.3 is 20.0 Å². The van der Waals surface area contributed by atoms with Crippen LogP contribution in [0.5, 0.6) is 0 Å². The Kier molecular flexibility index (Phi) is 5.83. The van der Waals surface area contributed by atoms with Crippen molar-refractivity contribution in [3.63, 3.8) is 0 Å². The molecular weight excluding hydrogens is 454 g/mol. The van der Waals surface area contributed by atoms with E-state index in [9.17, 15) is 4.79 Å². The van der Waals surface area contributed by atoms with Crippen LogP contribution in [0, 0.1) is 0 Å². The molecule has 0 spiro atoms. The van der Waals surface area contributed by atoms with Crippen molar-refractivity contribution in [1.29, 1.82) is 0 Å². The fraction of sp³-hybridized carbons (Fsp3) is 0.407. The van der Waals surface area contributed by atoms with E-state index in [4.69, 9.17) is 15.1 Å². The van der Waals surface area contributed by atoms with Gasteiger partial charge in [0.15, 0.2) is 11.4 Å². The van der Waals surface area contributed by atoms with Crippen LogP contribution in [0.4, 0.5) is 11.6 Å². The minimum absolute atomic E-state index is 0.136. The van der Waals surface area contributed by atoms with E-state index in [1.807, 2.05) is 28.0 Å². The van der Waals surface area contributed by atoms with Crippen LogP contribution in [-0.4, -0.2) is 56.7 Å². The number of nitrogen functional groups attached to an aromatic ring is 1. The van der Waals surface area contributed by atoms with Crippen LogP contribution >= 0.6 is 0 Å². The van der Waals surface area contributed by atoms with E-state index >= 15 is 0 Å². The molecule has 4 aromatic heterocycles. The largest absolute Gasteiger partial charge is 0.452 e. The monoisotopic (exact) mass is 485 g/mol. The molecule has 2 fully saturated rings. The van der Waals surface area contributed by atoms with Crippen LogP contribution < -0.4 is 10.6 Å². The van der Waals surface area contributed by atoms with Crippen molar-refractivity contribution in [3.8, 4) is 22.5 Å². The number of likely N-dealkylation sites (tertiary alicyclic amines) is 1. The van der Waals surface area contributed by atoms with Gasteiger partial charge in [-0.2, -0.15) is 5.10 Å². The van der Waals surface area contributed by atoms with Crippen molar-refractivity contribution in [2.75, 3.05) is 36.8 Å². The topological polar surface area (TPSA) is 106 Å². The second-order valence-electron chi connectivity index (χ2n) is 9.81. The number of carbonyl (C=O) groups is 1. The Balaban J connectivity index is 1.27. The van der Waals surface area contributed by atoms with Crippen molar-refractivity contribution in [1.82, 2.24) is 24.6 Å². The van der Waals surface area contributed by atoms with Gasteiger partial charge in [-0.3, -0.25) is 9.48 Å². The average molecular weight is 486 g/mol. The lowest BCUT2D eigenvalue weighted by Crippen LogP contribution is -2.37. The smallest absolute Gasteiger partial charge is 0.219 e. The number of nitrogens with two attached hydrogens (primary N) is 1. The predicted molar refractivity (Wildman–Crippen MR) is 139 cm³/mol. The van der Waals surface area contributed by atoms with Crippen LogP contribution in [-0.2, 0) is 4.79 Å². The molecule has 6 heterocycles. The van der Waals surface area contributed by atoms with E-state index in [-0.39, 0.29) is 11.9 Å². The van der Waals surface area contributed by atoms with E-state index in [0.717, 1.165) is 66.9 Å². The number of aromatic nitrogens is 4. The highest BCUT2D eigenvalue weighted by Crippen LogP contribution is 2.37. The lowest BCUT2D eigenvalue weighted by Gasteiger charge is -2.31. The summed E-state index contributed by atoms with van der Waals surface area (Å²) in [5.41, 5.74) is 9.57. The lowest BCUT2D eigenvalue weighted by atomic mass is 10.0. The number of carbonyl (C=O) groups excluding carboxylic acids is 1. The van der Waals surface area contributed by atoms with Crippen LogP contribution in [0.1, 0.15) is 45.1 Å². The SMILES string of the molecule is CC(=O)N1CCC(n2cc(-c3cnc(N)c4oc(-c5ccc(N6CCCCC6)nc5)cc34)cn2)CC1. The van der Waals surface area contributed by atoms with Crippen molar-refractivity contribution in [2.45, 2.75) is 45.1 Å². The Morgan fingerprint density at radius 1 is 1.00 bits per heavy atom. The fourth-order valence-electron chi connectivity index (χ4n) is 5.38. The number of hydrogen-bond acceptors (Lipinski definition) is 7. The molecule has 2 saturated heterocycles. The standard InChI is InChI=1S/C27H31N7O2/c1-18(35)32-11-7-21(8-12-32)34-17-20(15-31-34)23-16-30-27(28)26-22(23)13-24(36-26)19-5-6-25(29-14-19)33-9-3-2-4-10-33/h5-6,13-17,21H,2-4,7-12H2,1H3,(H2,28,30). The zero-order chi connectivity index (χ0) is 24.6. The molecule has 1 amide bonds. The van der Waals surface area contributed by atoms with Crippen molar-refractivity contribution >= 4 is 28.5 Å². The normalized spacial score (nSPS) is 17.1. The first-order chi connectivity index (χ1) is 17.6. The van der Waals surface area contributed by atoms with Crippen LogP contribution in [0.25, 0.3) is 33.4 Å². The van der Waals surface area contributed by atoms with Gasteiger partial charge in [-0.25, -0.2) is 9.97 Å². The molecule has 9 heteroatoms. The number of anilines is 2. The van der Waals surface area contributed by atoms with E-state index in [0.29, 0.717) is 17.2 Å². The van der Waals surface area contributed by atoms with Crippen LogP contribution in [0.2, 0.25) is 0 Å². The van der Waals surface area contributed by atoms with Gasteiger partial charge in [-0.05, 0) is 50.3 Å². The Morgan fingerprint density at radius 2 is 1.81 bits per heavy atom. The zero-order valence-electron chi connectivity index (χ0n) is 20.6. The Hall–Kier alpha value is -3.88. The molecule has 2 aliphatic heterocycles. The third-order valence-corrected chi connectivity index (χ3v) is 7.50. The van der Waals surface area contributed by atoms with Gasteiger partial charge in [-0.15, -0.1) is 0 Å². The highest BCUT2D eigenvalue weighted by molar-refractivity contribution is 6.00. The molecule has 36 heavy (non-hydrogen) atoms. The molecule has 186 valence electrons. The van der Waals surface area contributed by atoms with Gasteiger partial charge in [0.05, 0.1) is 12.2 Å². The zero-order valence-corrected chi connectivity index (χ0v) is 20.6. The van der Waals surface area contributed by atoms with E-state index < -0.39 is 0 Å². The molecule has 0 aliphatic carbocycles. The third kappa shape index (κ3) is 4.19. The first-order valence-electron chi connectivity index (χ1n) is 12.8. The summed E-state index contributed by atoms with van der Waals surface area (Å²) in [7, 11) is 0. The molecule has 0 radical (unpaired) electrons. The summed E-state index contributed by atoms with van der Waals surface area (Å²) in [6.07, 6.45) is 13.1. The highest BCUT2D eigenvalue weighted by Gasteiger charge is 2.23. The summed E-state index contributed by atoms with van der Waals surface area (Å²) in [6.45, 7) is 5.28. The van der Waals surface area contributed by atoms with Gasteiger partial charge in [-0.1, -0.05) is 0 Å². The van der Waals surface area contributed by atoms with E-state index in [1.165, 1.54) is 19.3 Å². The summed E-state index contributed by atoms with van der Waals surface area (Å²) in [5, 5.41) is 5.55. The molecule has 4 aromatic rings. The second-order valence-corrected chi connectivity index (χ2v) is 9.81. The maximum Gasteiger partial charge on any atom is 0.219 e. The number of nitrogens with zero attached hydrogens (tertiary/aromatic N) is 6. The van der Waals surface area contributed by atoms with Gasteiger partial charge in [0.1, 0.15) is 11.6 Å². The van der Waals surface area contributed by atoms with Crippen molar-refractivity contribution < 1.29 is 9.21 Å². The number of piperidine rings is 2. The lowest BCUT2D eigenvalue weighted by molar-refractivity contribution is -0.130. The summed E-state index contributed by atoms with van der Waals surface area (Å²) in [6, 6.07) is 6.42. The van der Waals surface area contributed by atoms with E-state index in [1.54, 1.807) is 13.1 Å². The van der Waals surface area contributed by atoms with Gasteiger partial charge in [0.2, 0.25) is 5.91 Å². The molecule has 2 N–H and O–H groups in total. The number of furan rings is 1. The maximum absolute atomic E-state index is 11.6. The molecule has 6 rings (SSSR count). The minimum Gasteiger partial charge on any atom is -0.452 e. The quantitative estimate of drug-likeness (QED) is 0.453. The number of fused-ring (bicyclic) bond motifs is 1. The molecule has 0 bridgehead atoms. The number of pyridine rings is 2. The molecule has 0 aromatic carbocycles. The Bertz CT molecular complexity index is 1380. The fourth-order valence-corrected chi connectivity index (χ4v) is 5.38. The van der Waals surface area contributed by atoms with Crippen LogP contribution in [0.3, 0.4) is 0 Å². The predicted octanol–water partition coefficient (Wildman–Crippen LogP) is 4.51. The molecule has 0 unspecified atom stereocenters. The Morgan fingerprint density at radius 3 is 2.53 bits per heavy atom. The number of hydrogen-bond donors (Lipinski definition) is 1. The first kappa shape index (κ1) is 22.6. The summed E-state index contributed by atoms with van der Waals surface area (Å²) in [5.74, 6) is 2.23. The van der Waals surface area contributed by atoms with Crippen molar-refractivity contribution in [2.24, 2.45) is 0 Å². The van der Waals surface area contributed by atoms with Gasteiger partial charge in [0, 0.05) is 73.8 Å². The first-order valence-corrected chi connectivity index (χ1v) is 12.8. The minimum atomic E-state index is 0.136. The molecule has 0 atom stereocenters. The van der Waals surface area contributed by atoms with Gasteiger partial charge >= 0.3 is 0 Å². The number of rotatable bonds is 4. The molecule has 0 saturated carbocycles. The number of amides is 1. The average Bonchev–Trinajstić information content (AvgIpc) is 3.59. The van der Waals surface area contributed by atoms with E-state index in [2.05, 4.69) is 33.3 Å². The Labute approximate surface area is 209 Å². The third-order valence-electron chi connectivity index (χ3n) is 7.50. The highest BCUT2D eigenvalue weighted by atomic mass is 16.3. The maximum atomic E-state index is 11.6. The summed E-state index contributed by atoms with van der Waals surface area (Å²) in [4.78, 5) is 25.0. The molecular formula is C27H31N7O2. The van der Waals surface area contributed by atoms with Crippen LogP contribution in [0.15, 0.2) is 47.4 Å². The second kappa shape index (κ2) is 9.29. The molecule has 9 nitrogen and oxygen atoms in total. The summed E-state index contributed by atoms with van der Waals surface area (Å²) >= 11 is 0. The summed E-state index contributed by atoms with van der Waals surface area (Å²) < 4.78 is 8.20.